The van der Waals surface area contributed by atoms with E-state index in [-0.39, 0.29) is 17.8 Å². The first-order chi connectivity index (χ1) is 12.4. The van der Waals surface area contributed by atoms with Crippen molar-refractivity contribution in [3.8, 4) is 11.5 Å². The lowest BCUT2D eigenvalue weighted by atomic mass is 10.1. The number of ether oxygens (including phenoxy) is 2. The summed E-state index contributed by atoms with van der Waals surface area (Å²) in [5.41, 5.74) is 2.23. The lowest BCUT2D eigenvalue weighted by Crippen LogP contribution is -2.20. The second-order valence-corrected chi connectivity index (χ2v) is 6.21. The van der Waals surface area contributed by atoms with Gasteiger partial charge in [-0.05, 0) is 61.7 Å². The zero-order valence-electron chi connectivity index (χ0n) is 15.5. The Morgan fingerprint density at radius 2 is 1.96 bits per heavy atom. The Bertz CT molecular complexity index is 800. The normalized spacial score (nSPS) is 11.0. The van der Waals surface area contributed by atoms with Gasteiger partial charge in [-0.25, -0.2) is 4.39 Å². The zero-order valence-corrected chi connectivity index (χ0v) is 15.5. The van der Waals surface area contributed by atoms with E-state index >= 15 is 0 Å². The fourth-order valence-electron chi connectivity index (χ4n) is 2.38. The summed E-state index contributed by atoms with van der Waals surface area (Å²) in [5, 5.41) is 2.78. The van der Waals surface area contributed by atoms with Crippen molar-refractivity contribution in [1.82, 2.24) is 5.32 Å². The van der Waals surface area contributed by atoms with E-state index in [9.17, 15) is 9.18 Å². The number of amides is 1. The predicted molar refractivity (Wildman–Crippen MR) is 101 cm³/mol. The van der Waals surface area contributed by atoms with Crippen LogP contribution in [0.25, 0.3) is 6.08 Å². The maximum atomic E-state index is 13.2. The van der Waals surface area contributed by atoms with Crippen LogP contribution in [0.3, 0.4) is 0 Å². The van der Waals surface area contributed by atoms with Crippen LogP contribution >= 0.6 is 0 Å². The van der Waals surface area contributed by atoms with Crippen LogP contribution < -0.4 is 14.8 Å². The van der Waals surface area contributed by atoms with Gasteiger partial charge in [0.2, 0.25) is 5.91 Å². The molecule has 0 aliphatic carbocycles. The van der Waals surface area contributed by atoms with Gasteiger partial charge in [-0.15, -0.1) is 0 Å². The molecule has 26 heavy (non-hydrogen) atoms. The SMILES string of the molecule is COc1cc(/C=C/C(=O)NCc2ccc(F)c(C)c2)ccc1OC(C)C. The summed E-state index contributed by atoms with van der Waals surface area (Å²) in [6.45, 7) is 5.93. The Kier molecular flexibility index (Phi) is 6.78. The smallest absolute Gasteiger partial charge is 0.244 e. The summed E-state index contributed by atoms with van der Waals surface area (Å²) < 4.78 is 24.2. The molecular formula is C21H24FNO3. The molecule has 138 valence electrons. The van der Waals surface area contributed by atoms with Gasteiger partial charge in [0, 0.05) is 12.6 Å². The first kappa shape index (κ1) is 19.5. The molecule has 1 amide bonds. The van der Waals surface area contributed by atoms with E-state index in [0.717, 1.165) is 11.1 Å². The minimum atomic E-state index is -0.251. The van der Waals surface area contributed by atoms with Gasteiger partial charge < -0.3 is 14.8 Å². The van der Waals surface area contributed by atoms with Crippen molar-refractivity contribution in [2.24, 2.45) is 0 Å². The van der Waals surface area contributed by atoms with E-state index in [4.69, 9.17) is 9.47 Å². The molecule has 0 atom stereocenters. The van der Waals surface area contributed by atoms with E-state index in [1.165, 1.54) is 12.1 Å². The van der Waals surface area contributed by atoms with Crippen LogP contribution in [0.15, 0.2) is 42.5 Å². The van der Waals surface area contributed by atoms with Crippen molar-refractivity contribution in [1.29, 1.82) is 0 Å². The minimum absolute atomic E-state index is 0.0474. The van der Waals surface area contributed by atoms with Crippen LogP contribution in [-0.2, 0) is 11.3 Å². The summed E-state index contributed by atoms with van der Waals surface area (Å²) in [7, 11) is 1.58. The molecule has 4 nitrogen and oxygen atoms in total. The highest BCUT2D eigenvalue weighted by atomic mass is 19.1. The van der Waals surface area contributed by atoms with E-state index < -0.39 is 0 Å². The maximum absolute atomic E-state index is 13.2. The number of benzene rings is 2. The highest BCUT2D eigenvalue weighted by Crippen LogP contribution is 2.29. The second kappa shape index (κ2) is 9.04. The third kappa shape index (κ3) is 5.62. The number of rotatable bonds is 7. The molecule has 2 aromatic carbocycles. The lowest BCUT2D eigenvalue weighted by molar-refractivity contribution is -0.116. The number of carbonyl (C=O) groups is 1. The molecule has 0 aromatic heterocycles. The largest absolute Gasteiger partial charge is 0.493 e. The summed E-state index contributed by atoms with van der Waals surface area (Å²) in [4.78, 5) is 12.0. The fraction of sp³-hybridized carbons (Fsp3) is 0.286. The third-order valence-electron chi connectivity index (χ3n) is 3.67. The number of halogens is 1. The fourth-order valence-corrected chi connectivity index (χ4v) is 2.38. The van der Waals surface area contributed by atoms with Crippen molar-refractivity contribution in [2.75, 3.05) is 7.11 Å². The van der Waals surface area contributed by atoms with Crippen LogP contribution in [0.4, 0.5) is 4.39 Å². The average molecular weight is 357 g/mol. The monoisotopic (exact) mass is 357 g/mol. The molecule has 0 bridgehead atoms. The van der Waals surface area contributed by atoms with Gasteiger partial charge in [0.05, 0.1) is 13.2 Å². The van der Waals surface area contributed by atoms with Gasteiger partial charge in [0.15, 0.2) is 11.5 Å². The Morgan fingerprint density at radius 1 is 1.19 bits per heavy atom. The van der Waals surface area contributed by atoms with Crippen LogP contribution in [0.2, 0.25) is 0 Å². The average Bonchev–Trinajstić information content (AvgIpc) is 2.61. The Hall–Kier alpha value is -2.82. The van der Waals surface area contributed by atoms with Crippen LogP contribution in [-0.4, -0.2) is 19.1 Å². The first-order valence-corrected chi connectivity index (χ1v) is 8.44. The Morgan fingerprint density at radius 3 is 2.62 bits per heavy atom. The zero-order chi connectivity index (χ0) is 19.1. The van der Waals surface area contributed by atoms with Gasteiger partial charge >= 0.3 is 0 Å². The highest BCUT2D eigenvalue weighted by molar-refractivity contribution is 5.91. The first-order valence-electron chi connectivity index (χ1n) is 8.44. The van der Waals surface area contributed by atoms with Crippen LogP contribution in [0.1, 0.15) is 30.5 Å². The lowest BCUT2D eigenvalue weighted by Gasteiger charge is -2.13. The molecule has 0 unspecified atom stereocenters. The molecule has 0 aliphatic heterocycles. The molecule has 2 aromatic rings. The Labute approximate surface area is 153 Å². The number of hydrogen-bond acceptors (Lipinski definition) is 3. The molecule has 0 heterocycles. The topological polar surface area (TPSA) is 47.6 Å². The molecule has 5 heteroatoms. The molecule has 0 saturated carbocycles. The molecular weight excluding hydrogens is 333 g/mol. The number of nitrogens with one attached hydrogen (secondary N) is 1. The van der Waals surface area contributed by atoms with Gasteiger partial charge in [-0.2, -0.15) is 0 Å². The van der Waals surface area contributed by atoms with E-state index in [2.05, 4.69) is 5.32 Å². The molecule has 0 radical (unpaired) electrons. The number of methoxy groups -OCH3 is 1. The van der Waals surface area contributed by atoms with Crippen LogP contribution in [0, 0.1) is 12.7 Å². The molecule has 0 spiro atoms. The standard InChI is InChI=1S/C21H24FNO3/c1-14(2)26-19-9-6-16(12-20(19)25-4)7-10-21(24)23-13-17-5-8-18(22)15(3)11-17/h5-12,14H,13H2,1-4H3,(H,23,24)/b10-7+. The molecule has 0 saturated heterocycles. The van der Waals surface area contributed by atoms with Gasteiger partial charge in [-0.1, -0.05) is 18.2 Å². The minimum Gasteiger partial charge on any atom is -0.493 e. The van der Waals surface area contributed by atoms with Gasteiger partial charge in [0.25, 0.3) is 0 Å². The van der Waals surface area contributed by atoms with E-state index in [1.807, 2.05) is 32.0 Å². The van der Waals surface area contributed by atoms with E-state index in [1.54, 1.807) is 32.2 Å². The summed E-state index contributed by atoms with van der Waals surface area (Å²) in [6.07, 6.45) is 3.20. The Balaban J connectivity index is 1.97. The highest BCUT2D eigenvalue weighted by Gasteiger charge is 2.07. The van der Waals surface area contributed by atoms with Crippen molar-refractivity contribution in [2.45, 2.75) is 33.4 Å². The third-order valence-corrected chi connectivity index (χ3v) is 3.67. The van der Waals surface area contributed by atoms with Gasteiger partial charge in [0.1, 0.15) is 5.82 Å². The van der Waals surface area contributed by atoms with E-state index in [0.29, 0.717) is 23.6 Å². The molecule has 1 N–H and O–H groups in total. The number of aryl methyl sites for hydroxylation is 1. The van der Waals surface area contributed by atoms with Crippen molar-refractivity contribution in [3.05, 3.63) is 65.0 Å². The van der Waals surface area contributed by atoms with Crippen molar-refractivity contribution in [3.63, 3.8) is 0 Å². The number of hydrogen-bond donors (Lipinski definition) is 1. The summed E-state index contributed by atoms with van der Waals surface area (Å²) in [5.74, 6) is 0.797. The second-order valence-electron chi connectivity index (χ2n) is 6.21. The summed E-state index contributed by atoms with van der Waals surface area (Å²) >= 11 is 0. The van der Waals surface area contributed by atoms with Crippen molar-refractivity contribution >= 4 is 12.0 Å². The molecule has 2 rings (SSSR count). The molecule has 0 aliphatic rings. The van der Waals surface area contributed by atoms with Crippen molar-refractivity contribution < 1.29 is 18.7 Å². The molecule has 0 fully saturated rings. The predicted octanol–water partition coefficient (Wildman–Crippen LogP) is 4.26. The van der Waals surface area contributed by atoms with Gasteiger partial charge in [-0.3, -0.25) is 4.79 Å². The summed E-state index contributed by atoms with van der Waals surface area (Å²) in [6, 6.07) is 10.3. The van der Waals surface area contributed by atoms with Crippen LogP contribution in [0.5, 0.6) is 11.5 Å². The quantitative estimate of drug-likeness (QED) is 0.753. The maximum Gasteiger partial charge on any atom is 0.244 e. The number of carbonyl (C=O) groups excluding carboxylic acids is 1.